The van der Waals surface area contributed by atoms with Gasteiger partial charge in [-0.15, -0.1) is 0 Å². The van der Waals surface area contributed by atoms with E-state index in [1.165, 1.54) is 30.4 Å². The van der Waals surface area contributed by atoms with Gasteiger partial charge in [0, 0.05) is 18.8 Å². The second kappa shape index (κ2) is 13.7. The summed E-state index contributed by atoms with van der Waals surface area (Å²) in [6, 6.07) is 9.11. The van der Waals surface area contributed by atoms with Crippen LogP contribution in [0.15, 0.2) is 24.3 Å². The van der Waals surface area contributed by atoms with Gasteiger partial charge in [-0.3, -0.25) is 9.59 Å². The minimum Gasteiger partial charge on any atom is -0.481 e. The Morgan fingerprint density at radius 3 is 2.31 bits per heavy atom. The van der Waals surface area contributed by atoms with E-state index in [2.05, 4.69) is 58.1 Å². The highest BCUT2D eigenvalue weighted by Crippen LogP contribution is 2.46. The third-order valence-corrected chi connectivity index (χ3v) is 12.2. The largest absolute Gasteiger partial charge is 0.481 e. The SMILES string of the molecule is CCCCC[C@H](CC(C)(C)[Si](C)(C)O)c1ccc([C@H]2CCC(=O)[C@@H]2CCCCCCC(=O)O)cc1. The Morgan fingerprint density at radius 2 is 1.71 bits per heavy atom. The van der Waals surface area contributed by atoms with Crippen LogP contribution >= 0.6 is 0 Å². The number of hydrogen-bond donors (Lipinski definition) is 2. The standard InChI is InChI=1S/C30H50O4Si/c1-6-7-10-13-25(22-30(2,3)35(4,5)34)23-16-18-24(19-17-23)26-20-21-28(31)27(26)14-11-8-9-12-15-29(32)33/h16-19,25-27,34H,6-15,20-22H2,1-5H3,(H,32,33)/t25-,26-,27-/m1/s1. The molecule has 35 heavy (non-hydrogen) atoms. The van der Waals surface area contributed by atoms with Crippen LogP contribution in [0.2, 0.25) is 18.1 Å². The van der Waals surface area contributed by atoms with Crippen molar-refractivity contribution in [3.8, 4) is 0 Å². The van der Waals surface area contributed by atoms with Crippen LogP contribution in [0.1, 0.15) is 127 Å². The zero-order valence-corrected chi connectivity index (χ0v) is 23.9. The monoisotopic (exact) mass is 502 g/mol. The summed E-state index contributed by atoms with van der Waals surface area (Å²) in [4.78, 5) is 34.2. The first kappa shape index (κ1) is 29.8. The van der Waals surface area contributed by atoms with E-state index in [9.17, 15) is 14.4 Å². The predicted molar refractivity (Wildman–Crippen MR) is 147 cm³/mol. The van der Waals surface area contributed by atoms with Gasteiger partial charge in [0.15, 0.2) is 8.32 Å². The third kappa shape index (κ3) is 9.17. The van der Waals surface area contributed by atoms with Crippen molar-refractivity contribution in [1.29, 1.82) is 0 Å². The second-order valence-corrected chi connectivity index (χ2v) is 16.5. The summed E-state index contributed by atoms with van der Waals surface area (Å²) in [6.45, 7) is 10.8. The van der Waals surface area contributed by atoms with Crippen LogP contribution in [-0.4, -0.2) is 30.0 Å². The van der Waals surface area contributed by atoms with Crippen molar-refractivity contribution in [3.63, 3.8) is 0 Å². The topological polar surface area (TPSA) is 74.6 Å². The van der Waals surface area contributed by atoms with Gasteiger partial charge in [0.05, 0.1) is 0 Å². The molecule has 0 bridgehead atoms. The van der Waals surface area contributed by atoms with E-state index in [4.69, 9.17) is 5.11 Å². The fourth-order valence-corrected chi connectivity index (χ4v) is 6.32. The van der Waals surface area contributed by atoms with Crippen molar-refractivity contribution >= 4 is 20.1 Å². The molecular weight excluding hydrogens is 452 g/mol. The minimum absolute atomic E-state index is 0.0456. The molecule has 1 aromatic carbocycles. The van der Waals surface area contributed by atoms with Gasteiger partial charge in [0.2, 0.25) is 0 Å². The molecule has 0 heterocycles. The van der Waals surface area contributed by atoms with Crippen molar-refractivity contribution < 1.29 is 19.5 Å². The molecule has 0 saturated heterocycles. The van der Waals surface area contributed by atoms with Gasteiger partial charge in [-0.1, -0.05) is 83.6 Å². The van der Waals surface area contributed by atoms with Crippen LogP contribution < -0.4 is 0 Å². The van der Waals surface area contributed by atoms with Crippen LogP contribution in [0.25, 0.3) is 0 Å². The molecule has 0 unspecified atom stereocenters. The number of carboxylic acid groups (broad SMARTS) is 1. The van der Waals surface area contributed by atoms with Crippen LogP contribution in [0, 0.1) is 5.92 Å². The van der Waals surface area contributed by atoms with Crippen molar-refractivity contribution in [1.82, 2.24) is 0 Å². The maximum Gasteiger partial charge on any atom is 0.303 e. The Balaban J connectivity index is 2.05. The van der Waals surface area contributed by atoms with E-state index in [-0.39, 0.29) is 17.4 Å². The highest BCUT2D eigenvalue weighted by atomic mass is 28.4. The van der Waals surface area contributed by atoms with E-state index in [1.807, 2.05) is 0 Å². The van der Waals surface area contributed by atoms with Crippen molar-refractivity contribution in [2.75, 3.05) is 0 Å². The molecule has 0 spiro atoms. The van der Waals surface area contributed by atoms with E-state index in [0.717, 1.165) is 51.4 Å². The van der Waals surface area contributed by atoms with Crippen LogP contribution in [0.3, 0.4) is 0 Å². The van der Waals surface area contributed by atoms with Gasteiger partial charge in [-0.05, 0) is 73.2 Å². The molecule has 1 aromatic rings. The fraction of sp³-hybridized carbons (Fsp3) is 0.733. The zero-order chi connectivity index (χ0) is 26.1. The van der Waals surface area contributed by atoms with Gasteiger partial charge >= 0.3 is 5.97 Å². The molecule has 3 atom stereocenters. The lowest BCUT2D eigenvalue weighted by Crippen LogP contribution is -2.39. The predicted octanol–water partition coefficient (Wildman–Crippen LogP) is 8.21. The maximum atomic E-state index is 12.6. The van der Waals surface area contributed by atoms with Gasteiger partial charge < -0.3 is 9.90 Å². The molecule has 4 nitrogen and oxygen atoms in total. The number of ketones is 1. The van der Waals surface area contributed by atoms with Crippen molar-refractivity contribution in [3.05, 3.63) is 35.4 Å². The summed E-state index contributed by atoms with van der Waals surface area (Å²) in [5.41, 5.74) is 2.66. The van der Waals surface area contributed by atoms with Crippen molar-refractivity contribution in [2.24, 2.45) is 5.92 Å². The number of unbranched alkanes of at least 4 members (excludes halogenated alkanes) is 5. The lowest BCUT2D eigenvalue weighted by molar-refractivity contribution is -0.137. The fourth-order valence-electron chi connectivity index (χ4n) is 5.57. The van der Waals surface area contributed by atoms with Gasteiger partial charge in [-0.25, -0.2) is 0 Å². The summed E-state index contributed by atoms with van der Waals surface area (Å²) >= 11 is 0. The highest BCUT2D eigenvalue weighted by Gasteiger charge is 2.40. The Morgan fingerprint density at radius 1 is 1.06 bits per heavy atom. The van der Waals surface area contributed by atoms with E-state index in [0.29, 0.717) is 24.0 Å². The Labute approximate surface area is 215 Å². The normalized spacial score (nSPS) is 19.8. The Bertz CT molecular complexity index is 794. The quantitative estimate of drug-likeness (QED) is 0.176. The molecule has 0 aliphatic heterocycles. The number of carboxylic acids is 1. The molecule has 0 amide bonds. The molecule has 1 aliphatic rings. The van der Waals surface area contributed by atoms with E-state index < -0.39 is 14.3 Å². The summed E-state index contributed by atoms with van der Waals surface area (Å²) in [5.74, 6) is 0.559. The molecule has 0 radical (unpaired) electrons. The molecule has 1 fully saturated rings. The van der Waals surface area contributed by atoms with E-state index in [1.54, 1.807) is 0 Å². The number of Topliss-reactive ketones (excluding diaryl/α,β-unsaturated/α-hetero) is 1. The number of benzene rings is 1. The summed E-state index contributed by atoms with van der Waals surface area (Å²) in [6.07, 6.45) is 12.3. The molecule has 0 aromatic heterocycles. The van der Waals surface area contributed by atoms with E-state index >= 15 is 0 Å². The number of carbonyl (C=O) groups excluding carboxylic acids is 1. The lowest BCUT2D eigenvalue weighted by Gasteiger charge is -2.38. The average molecular weight is 503 g/mol. The molecule has 2 N–H and O–H groups in total. The number of aliphatic carboxylic acids is 1. The third-order valence-electron chi connectivity index (χ3n) is 8.66. The van der Waals surface area contributed by atoms with Crippen LogP contribution in [0.4, 0.5) is 0 Å². The van der Waals surface area contributed by atoms with Gasteiger partial charge in [0.25, 0.3) is 0 Å². The Kier molecular flexibility index (Phi) is 11.7. The van der Waals surface area contributed by atoms with Gasteiger partial charge in [-0.2, -0.15) is 0 Å². The minimum atomic E-state index is -2.27. The first-order valence-electron chi connectivity index (χ1n) is 14.0. The van der Waals surface area contributed by atoms with Crippen molar-refractivity contribution in [2.45, 2.75) is 134 Å². The second-order valence-electron chi connectivity index (χ2n) is 12.1. The summed E-state index contributed by atoms with van der Waals surface area (Å²) in [7, 11) is -2.27. The smallest absolute Gasteiger partial charge is 0.303 e. The highest BCUT2D eigenvalue weighted by molar-refractivity contribution is 6.72. The number of carbonyl (C=O) groups is 2. The molecule has 198 valence electrons. The molecule has 1 aliphatic carbocycles. The maximum absolute atomic E-state index is 12.6. The molecule has 1 saturated carbocycles. The Hall–Kier alpha value is -1.46. The first-order chi connectivity index (χ1) is 16.5. The molecular formula is C30H50O4Si. The molecule has 2 rings (SSSR count). The zero-order valence-electron chi connectivity index (χ0n) is 22.9. The summed E-state index contributed by atoms with van der Waals surface area (Å²) < 4.78 is 0. The van der Waals surface area contributed by atoms with Gasteiger partial charge in [0.1, 0.15) is 5.78 Å². The first-order valence-corrected chi connectivity index (χ1v) is 17.0. The lowest BCUT2D eigenvalue weighted by atomic mass is 9.82. The average Bonchev–Trinajstić information content (AvgIpc) is 3.15. The summed E-state index contributed by atoms with van der Waals surface area (Å²) in [5, 5.41) is 8.74. The van der Waals surface area contributed by atoms with Crippen LogP contribution in [-0.2, 0) is 9.59 Å². The van der Waals surface area contributed by atoms with Crippen LogP contribution in [0.5, 0.6) is 0 Å². The number of rotatable bonds is 16. The number of hydrogen-bond acceptors (Lipinski definition) is 3. The molecule has 5 heteroatoms.